The van der Waals surface area contributed by atoms with E-state index < -0.39 is 6.10 Å². The molecule has 0 unspecified atom stereocenters. The van der Waals surface area contributed by atoms with Crippen molar-refractivity contribution in [2.75, 3.05) is 13.2 Å². The number of esters is 3. The summed E-state index contributed by atoms with van der Waals surface area (Å²) >= 11 is 0. The molecule has 0 bridgehead atoms. The molecule has 0 rings (SSSR count). The molecule has 0 aliphatic rings. The van der Waals surface area contributed by atoms with E-state index in [4.69, 9.17) is 14.2 Å². The van der Waals surface area contributed by atoms with E-state index >= 15 is 0 Å². The minimum Gasteiger partial charge on any atom is -0.462 e. The molecule has 384 valence electrons. The van der Waals surface area contributed by atoms with E-state index in [9.17, 15) is 14.4 Å². The fourth-order valence-electron chi connectivity index (χ4n) is 7.10. The van der Waals surface area contributed by atoms with Crippen LogP contribution in [-0.2, 0) is 28.6 Å². The summed E-state index contributed by atoms with van der Waals surface area (Å²) in [5.41, 5.74) is 0. The normalized spacial score (nSPS) is 13.0. The van der Waals surface area contributed by atoms with Crippen LogP contribution in [0.1, 0.15) is 233 Å². The third-order valence-corrected chi connectivity index (χ3v) is 11.2. The third kappa shape index (κ3) is 52.8. The Morgan fingerprint density at radius 2 is 0.603 bits per heavy atom. The van der Waals surface area contributed by atoms with Gasteiger partial charge in [0, 0.05) is 19.3 Å². The Bertz CT molecular complexity index is 1450. The summed E-state index contributed by atoms with van der Waals surface area (Å²) in [7, 11) is 0. The van der Waals surface area contributed by atoms with Crippen molar-refractivity contribution >= 4 is 17.9 Å². The molecule has 0 amide bonds. The summed E-state index contributed by atoms with van der Waals surface area (Å²) in [5.74, 6) is -1.04. The second-order valence-corrected chi connectivity index (χ2v) is 17.8. The fraction of sp³-hybridized carbons (Fsp3) is 0.629. The first-order valence-corrected chi connectivity index (χ1v) is 27.5. The lowest BCUT2D eigenvalue weighted by Crippen LogP contribution is -2.30. The summed E-state index contributed by atoms with van der Waals surface area (Å²) in [6, 6.07) is 0. The molecule has 6 heteroatoms. The molecule has 0 heterocycles. The molecular formula is C62H100O6. The molecule has 6 nitrogen and oxygen atoms in total. The molecule has 0 radical (unpaired) electrons. The first kappa shape index (κ1) is 63.8. The molecule has 0 spiro atoms. The number of hydrogen-bond acceptors (Lipinski definition) is 6. The second-order valence-electron chi connectivity index (χ2n) is 17.8. The summed E-state index contributed by atoms with van der Waals surface area (Å²) in [4.78, 5) is 38.0. The van der Waals surface area contributed by atoms with Crippen molar-refractivity contribution in [1.82, 2.24) is 0 Å². The highest BCUT2D eigenvalue weighted by molar-refractivity contribution is 5.71. The van der Waals surface area contributed by atoms with Gasteiger partial charge in [-0.2, -0.15) is 0 Å². The van der Waals surface area contributed by atoms with Crippen LogP contribution >= 0.6 is 0 Å². The molecule has 0 aromatic heterocycles. The van der Waals surface area contributed by atoms with E-state index in [1.807, 2.05) is 12.2 Å². The van der Waals surface area contributed by atoms with E-state index in [0.717, 1.165) is 103 Å². The van der Waals surface area contributed by atoms with Crippen LogP contribution in [0.2, 0.25) is 0 Å². The van der Waals surface area contributed by atoms with Crippen molar-refractivity contribution in [1.29, 1.82) is 0 Å². The zero-order valence-electron chi connectivity index (χ0n) is 43.8. The molecule has 0 aromatic carbocycles. The SMILES string of the molecule is CC/C=C\C/C=C\C/C=C\C/C=C\C/C=C\C/C=C\CCC(=O)OC[C@H](COC(=O)CCCCC/C=C\C/C=C\C/C=C\C/C=C\CCCCC)OC(=O)CCCCCCCCCCCCCC. The minimum absolute atomic E-state index is 0.119. The largest absolute Gasteiger partial charge is 0.462 e. The fourth-order valence-corrected chi connectivity index (χ4v) is 7.10. The quantitative estimate of drug-likeness (QED) is 0.0262. The van der Waals surface area contributed by atoms with Crippen molar-refractivity contribution in [2.45, 2.75) is 239 Å². The maximum absolute atomic E-state index is 12.8. The highest BCUT2D eigenvalue weighted by atomic mass is 16.6. The van der Waals surface area contributed by atoms with Gasteiger partial charge in [-0.15, -0.1) is 0 Å². The molecule has 0 aliphatic heterocycles. The van der Waals surface area contributed by atoms with Gasteiger partial charge in [0.2, 0.25) is 0 Å². The smallest absolute Gasteiger partial charge is 0.306 e. The van der Waals surface area contributed by atoms with Crippen molar-refractivity contribution in [3.05, 3.63) is 122 Å². The third-order valence-electron chi connectivity index (χ3n) is 11.2. The topological polar surface area (TPSA) is 78.9 Å². The van der Waals surface area contributed by atoms with Gasteiger partial charge in [-0.25, -0.2) is 0 Å². The standard InChI is InChI=1S/C62H100O6/c1-4-7-10-13-16-19-22-25-27-29-31-33-35-37-40-42-45-48-51-54-60(63)66-57-59(68-62(65)56-53-50-47-44-39-24-21-18-15-12-9-6-3)58-67-61(64)55-52-49-46-43-41-38-36-34-32-30-28-26-23-20-17-14-11-8-5-2/h7,10,16-17,19-20,25-28,31-34,37-38,40-41,45,48,59H,4-6,8-9,11-15,18,21-24,29-30,35-36,39,42-44,46-47,49-58H2,1-3H3/b10-7-,19-16-,20-17-,27-25-,28-26-,33-31-,34-32-,40-37-,41-38-,48-45-/t59-/m1/s1. The summed E-state index contributed by atoms with van der Waals surface area (Å²) < 4.78 is 16.7. The Kier molecular flexibility index (Phi) is 52.0. The second kappa shape index (κ2) is 55.4. The molecule has 1 atom stereocenters. The molecule has 0 aliphatic carbocycles. The van der Waals surface area contributed by atoms with Gasteiger partial charge in [-0.3, -0.25) is 14.4 Å². The predicted molar refractivity (Wildman–Crippen MR) is 293 cm³/mol. The zero-order chi connectivity index (χ0) is 49.3. The molecule has 0 aromatic rings. The molecule has 0 fully saturated rings. The number of hydrogen-bond donors (Lipinski definition) is 0. The van der Waals surface area contributed by atoms with Gasteiger partial charge in [0.15, 0.2) is 6.10 Å². The van der Waals surface area contributed by atoms with Crippen LogP contribution in [0, 0.1) is 0 Å². The van der Waals surface area contributed by atoms with Crippen molar-refractivity contribution in [3.63, 3.8) is 0 Å². The van der Waals surface area contributed by atoms with E-state index in [0.29, 0.717) is 19.3 Å². The van der Waals surface area contributed by atoms with Crippen LogP contribution in [0.3, 0.4) is 0 Å². The van der Waals surface area contributed by atoms with Crippen molar-refractivity contribution in [2.24, 2.45) is 0 Å². The summed E-state index contributed by atoms with van der Waals surface area (Å²) in [5, 5.41) is 0. The maximum atomic E-state index is 12.8. The van der Waals surface area contributed by atoms with Gasteiger partial charge < -0.3 is 14.2 Å². The van der Waals surface area contributed by atoms with Crippen LogP contribution in [0.15, 0.2) is 122 Å². The van der Waals surface area contributed by atoms with E-state index in [2.05, 4.69) is 130 Å². The lowest BCUT2D eigenvalue weighted by molar-refractivity contribution is -0.166. The number of ether oxygens (including phenoxy) is 3. The Labute approximate surface area is 418 Å². The Hall–Kier alpha value is -4.19. The van der Waals surface area contributed by atoms with Crippen LogP contribution in [0.5, 0.6) is 0 Å². The Morgan fingerprint density at radius 1 is 0.309 bits per heavy atom. The predicted octanol–water partition coefficient (Wildman–Crippen LogP) is 18.5. The van der Waals surface area contributed by atoms with E-state index in [1.54, 1.807) is 0 Å². The molecular weight excluding hydrogens is 841 g/mol. The average molecular weight is 941 g/mol. The number of rotatable bonds is 48. The zero-order valence-corrected chi connectivity index (χ0v) is 43.8. The van der Waals surface area contributed by atoms with Gasteiger partial charge >= 0.3 is 17.9 Å². The number of unbranched alkanes of at least 4 members (excludes halogenated alkanes) is 17. The lowest BCUT2D eigenvalue weighted by atomic mass is 10.0. The summed E-state index contributed by atoms with van der Waals surface area (Å²) in [6.45, 7) is 6.39. The average Bonchev–Trinajstić information content (AvgIpc) is 3.34. The van der Waals surface area contributed by atoms with Gasteiger partial charge in [0.25, 0.3) is 0 Å². The first-order valence-electron chi connectivity index (χ1n) is 27.5. The van der Waals surface area contributed by atoms with Gasteiger partial charge in [-0.05, 0) is 103 Å². The van der Waals surface area contributed by atoms with Crippen LogP contribution < -0.4 is 0 Å². The number of carbonyl (C=O) groups excluding carboxylic acids is 3. The Morgan fingerprint density at radius 3 is 1.01 bits per heavy atom. The van der Waals surface area contributed by atoms with Gasteiger partial charge in [0.1, 0.15) is 13.2 Å². The monoisotopic (exact) mass is 941 g/mol. The van der Waals surface area contributed by atoms with Crippen LogP contribution in [0.25, 0.3) is 0 Å². The lowest BCUT2D eigenvalue weighted by Gasteiger charge is -2.18. The highest BCUT2D eigenvalue weighted by Gasteiger charge is 2.19. The Balaban J connectivity index is 4.54. The molecule has 0 N–H and O–H groups in total. The number of carbonyl (C=O) groups is 3. The van der Waals surface area contributed by atoms with Gasteiger partial charge in [0.05, 0.1) is 0 Å². The van der Waals surface area contributed by atoms with Crippen molar-refractivity contribution in [3.8, 4) is 0 Å². The van der Waals surface area contributed by atoms with Crippen LogP contribution in [0.4, 0.5) is 0 Å². The van der Waals surface area contributed by atoms with Crippen molar-refractivity contribution < 1.29 is 28.6 Å². The molecule has 0 saturated carbocycles. The first-order chi connectivity index (χ1) is 33.5. The number of allylic oxidation sites excluding steroid dienone is 20. The summed E-state index contributed by atoms with van der Waals surface area (Å²) in [6.07, 6.45) is 76.2. The molecule has 68 heavy (non-hydrogen) atoms. The minimum atomic E-state index is -0.823. The maximum Gasteiger partial charge on any atom is 0.306 e. The van der Waals surface area contributed by atoms with E-state index in [1.165, 1.54) is 83.5 Å². The molecule has 0 saturated heterocycles. The van der Waals surface area contributed by atoms with Crippen LogP contribution in [-0.4, -0.2) is 37.2 Å². The van der Waals surface area contributed by atoms with Gasteiger partial charge in [-0.1, -0.05) is 232 Å². The van der Waals surface area contributed by atoms with E-state index in [-0.39, 0.29) is 37.5 Å². The highest BCUT2D eigenvalue weighted by Crippen LogP contribution is 2.14.